The van der Waals surface area contributed by atoms with Crippen LogP contribution in [0.1, 0.15) is 12.8 Å². The van der Waals surface area contributed by atoms with Crippen LogP contribution in [0.3, 0.4) is 0 Å². The summed E-state index contributed by atoms with van der Waals surface area (Å²) >= 11 is 5.98. The molecule has 1 atom stereocenters. The van der Waals surface area contributed by atoms with Gasteiger partial charge in [-0.1, -0.05) is 11.6 Å². The van der Waals surface area contributed by atoms with Crippen molar-refractivity contribution in [3.05, 3.63) is 23.5 Å². The number of halogens is 1. The molecule has 1 aromatic heterocycles. The number of anilines is 1. The Morgan fingerprint density at radius 2 is 2.44 bits per heavy atom. The molecule has 1 aliphatic rings. The number of rotatable bonds is 2. The van der Waals surface area contributed by atoms with Gasteiger partial charge in [0.25, 0.3) is 0 Å². The van der Waals surface area contributed by atoms with Crippen molar-refractivity contribution < 1.29 is 9.90 Å². The van der Waals surface area contributed by atoms with Crippen LogP contribution in [0.2, 0.25) is 5.15 Å². The Morgan fingerprint density at radius 3 is 3.12 bits per heavy atom. The molecule has 2 rings (SSSR count). The molecular formula is C11H13ClN2O2. The molecular weight excluding hydrogens is 228 g/mol. The molecule has 0 aromatic carbocycles. The van der Waals surface area contributed by atoms with Crippen molar-refractivity contribution in [3.63, 3.8) is 0 Å². The second-order valence-electron chi connectivity index (χ2n) is 3.94. The zero-order chi connectivity index (χ0) is 11.5. The first-order valence-electron chi connectivity index (χ1n) is 5.27. The van der Waals surface area contributed by atoms with E-state index in [9.17, 15) is 4.79 Å². The summed E-state index contributed by atoms with van der Waals surface area (Å²) < 4.78 is 0. The third kappa shape index (κ3) is 2.27. The minimum atomic E-state index is -0.732. The largest absolute Gasteiger partial charge is 0.481 e. The number of pyridine rings is 1. The minimum Gasteiger partial charge on any atom is -0.481 e. The number of carboxylic acid groups (broad SMARTS) is 1. The van der Waals surface area contributed by atoms with E-state index in [1.165, 1.54) is 0 Å². The van der Waals surface area contributed by atoms with Gasteiger partial charge in [-0.25, -0.2) is 4.98 Å². The van der Waals surface area contributed by atoms with Gasteiger partial charge in [0.2, 0.25) is 0 Å². The first kappa shape index (κ1) is 11.2. The number of hydrogen-bond donors (Lipinski definition) is 1. The molecule has 1 saturated heterocycles. The Hall–Kier alpha value is -1.29. The van der Waals surface area contributed by atoms with E-state index in [2.05, 4.69) is 4.98 Å². The van der Waals surface area contributed by atoms with E-state index in [1.807, 2.05) is 17.0 Å². The molecule has 0 bridgehead atoms. The SMILES string of the molecule is O=C(O)C1CCCN(c2cccnc2Cl)C1. The molecule has 1 unspecified atom stereocenters. The Kier molecular flexibility index (Phi) is 3.29. The number of aliphatic carboxylic acids is 1. The maximum atomic E-state index is 10.9. The van der Waals surface area contributed by atoms with Gasteiger partial charge in [-0.05, 0) is 25.0 Å². The average Bonchev–Trinajstić information content (AvgIpc) is 2.30. The van der Waals surface area contributed by atoms with E-state index in [1.54, 1.807) is 6.20 Å². The van der Waals surface area contributed by atoms with E-state index >= 15 is 0 Å². The highest BCUT2D eigenvalue weighted by molar-refractivity contribution is 6.32. The monoisotopic (exact) mass is 240 g/mol. The van der Waals surface area contributed by atoms with Crippen LogP contribution < -0.4 is 4.90 Å². The molecule has 0 amide bonds. The van der Waals surface area contributed by atoms with Gasteiger partial charge < -0.3 is 10.0 Å². The molecule has 0 radical (unpaired) electrons. The lowest BCUT2D eigenvalue weighted by Crippen LogP contribution is -2.38. The van der Waals surface area contributed by atoms with E-state index in [4.69, 9.17) is 16.7 Å². The van der Waals surface area contributed by atoms with Gasteiger partial charge in [0.1, 0.15) is 0 Å². The summed E-state index contributed by atoms with van der Waals surface area (Å²) in [5, 5.41) is 9.44. The zero-order valence-electron chi connectivity index (χ0n) is 8.77. The molecule has 1 N–H and O–H groups in total. The molecule has 0 spiro atoms. The fraction of sp³-hybridized carbons (Fsp3) is 0.455. The van der Waals surface area contributed by atoms with Gasteiger partial charge in [0.15, 0.2) is 5.15 Å². The maximum Gasteiger partial charge on any atom is 0.308 e. The van der Waals surface area contributed by atoms with Crippen LogP contribution in [-0.2, 0) is 4.79 Å². The highest BCUT2D eigenvalue weighted by Crippen LogP contribution is 2.27. The second kappa shape index (κ2) is 4.70. The molecule has 4 nitrogen and oxygen atoms in total. The Morgan fingerprint density at radius 1 is 1.62 bits per heavy atom. The number of hydrogen-bond acceptors (Lipinski definition) is 3. The van der Waals surface area contributed by atoms with Crippen molar-refractivity contribution >= 4 is 23.3 Å². The molecule has 0 saturated carbocycles. The van der Waals surface area contributed by atoms with Crippen LogP contribution in [0.5, 0.6) is 0 Å². The standard InChI is InChI=1S/C11H13ClN2O2/c12-10-9(4-1-5-13-10)14-6-2-3-8(7-14)11(15)16/h1,4-5,8H,2-3,6-7H2,(H,15,16). The van der Waals surface area contributed by atoms with E-state index in [-0.39, 0.29) is 5.92 Å². The first-order chi connectivity index (χ1) is 7.68. The summed E-state index contributed by atoms with van der Waals surface area (Å²) in [6, 6.07) is 3.69. The number of aromatic nitrogens is 1. The average molecular weight is 241 g/mol. The van der Waals surface area contributed by atoms with Crippen molar-refractivity contribution in [3.8, 4) is 0 Å². The molecule has 1 aromatic rings. The lowest BCUT2D eigenvalue weighted by Gasteiger charge is -2.32. The Bertz CT molecular complexity index is 397. The third-order valence-corrected chi connectivity index (χ3v) is 3.14. The number of carboxylic acids is 1. The van der Waals surface area contributed by atoms with E-state index < -0.39 is 5.97 Å². The van der Waals surface area contributed by atoms with Crippen molar-refractivity contribution in [1.29, 1.82) is 0 Å². The van der Waals surface area contributed by atoms with Gasteiger partial charge >= 0.3 is 5.97 Å². The zero-order valence-corrected chi connectivity index (χ0v) is 9.52. The van der Waals surface area contributed by atoms with Crippen molar-refractivity contribution in [2.45, 2.75) is 12.8 Å². The quantitative estimate of drug-likeness (QED) is 0.804. The Balaban J connectivity index is 2.16. The lowest BCUT2D eigenvalue weighted by atomic mass is 9.98. The molecule has 2 heterocycles. The highest BCUT2D eigenvalue weighted by atomic mass is 35.5. The highest BCUT2D eigenvalue weighted by Gasteiger charge is 2.26. The molecule has 16 heavy (non-hydrogen) atoms. The van der Waals surface area contributed by atoms with Crippen LogP contribution in [0, 0.1) is 5.92 Å². The molecule has 5 heteroatoms. The summed E-state index contributed by atoms with van der Waals surface area (Å²) in [7, 11) is 0. The molecule has 86 valence electrons. The smallest absolute Gasteiger partial charge is 0.308 e. The summed E-state index contributed by atoms with van der Waals surface area (Å²) in [6.07, 6.45) is 3.25. The second-order valence-corrected chi connectivity index (χ2v) is 4.29. The van der Waals surface area contributed by atoms with Gasteiger partial charge in [-0.3, -0.25) is 4.79 Å². The molecule has 1 aliphatic heterocycles. The predicted octanol–water partition coefficient (Wildman–Crippen LogP) is 2.04. The van der Waals surface area contributed by atoms with Crippen LogP contribution >= 0.6 is 11.6 Å². The van der Waals surface area contributed by atoms with Crippen LogP contribution in [0.15, 0.2) is 18.3 Å². The van der Waals surface area contributed by atoms with Crippen molar-refractivity contribution in [2.75, 3.05) is 18.0 Å². The summed E-state index contributed by atoms with van der Waals surface area (Å²) in [4.78, 5) is 16.9. The summed E-state index contributed by atoms with van der Waals surface area (Å²) in [5.41, 5.74) is 0.829. The maximum absolute atomic E-state index is 10.9. The predicted molar refractivity (Wildman–Crippen MR) is 61.8 cm³/mol. The topological polar surface area (TPSA) is 53.4 Å². The van der Waals surface area contributed by atoms with Gasteiger partial charge in [-0.15, -0.1) is 0 Å². The number of piperidine rings is 1. The third-order valence-electron chi connectivity index (χ3n) is 2.85. The minimum absolute atomic E-state index is 0.301. The van der Waals surface area contributed by atoms with Crippen LogP contribution in [0.25, 0.3) is 0 Å². The van der Waals surface area contributed by atoms with Gasteiger partial charge in [0, 0.05) is 19.3 Å². The number of nitrogens with zero attached hydrogens (tertiary/aromatic N) is 2. The van der Waals surface area contributed by atoms with E-state index in [0.717, 1.165) is 25.1 Å². The normalized spacial score (nSPS) is 20.8. The first-order valence-corrected chi connectivity index (χ1v) is 5.64. The molecule has 0 aliphatic carbocycles. The van der Waals surface area contributed by atoms with Gasteiger partial charge in [-0.2, -0.15) is 0 Å². The summed E-state index contributed by atoms with van der Waals surface area (Å²) in [5.74, 6) is -1.03. The lowest BCUT2D eigenvalue weighted by molar-refractivity contribution is -0.141. The molecule has 1 fully saturated rings. The van der Waals surface area contributed by atoms with E-state index in [0.29, 0.717) is 11.7 Å². The number of carbonyl (C=O) groups is 1. The Labute approximate surface area is 98.9 Å². The van der Waals surface area contributed by atoms with Crippen molar-refractivity contribution in [1.82, 2.24) is 4.98 Å². The van der Waals surface area contributed by atoms with Crippen LogP contribution in [0.4, 0.5) is 5.69 Å². The summed E-state index contributed by atoms with van der Waals surface area (Å²) in [6.45, 7) is 1.36. The van der Waals surface area contributed by atoms with Crippen molar-refractivity contribution in [2.24, 2.45) is 5.92 Å². The fourth-order valence-corrected chi connectivity index (χ4v) is 2.25. The fourth-order valence-electron chi connectivity index (χ4n) is 2.01. The van der Waals surface area contributed by atoms with Gasteiger partial charge in [0.05, 0.1) is 11.6 Å². The van der Waals surface area contributed by atoms with Crippen LogP contribution in [-0.4, -0.2) is 29.1 Å².